The van der Waals surface area contributed by atoms with E-state index in [4.69, 9.17) is 0 Å². The Morgan fingerprint density at radius 3 is 2.62 bits per heavy atom. The van der Waals surface area contributed by atoms with Crippen molar-refractivity contribution in [3.63, 3.8) is 0 Å². The van der Waals surface area contributed by atoms with Crippen LogP contribution in [0.25, 0.3) is 0 Å². The first-order valence-electron chi connectivity index (χ1n) is 4.81. The maximum absolute atomic E-state index is 11.4. The molecule has 2 aliphatic heterocycles. The first-order valence-corrected chi connectivity index (χ1v) is 4.81. The highest BCUT2D eigenvalue weighted by Crippen LogP contribution is 2.10. The SMILES string of the molecule is CC1CNC(=O)N1N1CCNCC1. The molecule has 0 aromatic rings. The lowest BCUT2D eigenvalue weighted by molar-refractivity contribution is -0.00293. The van der Waals surface area contributed by atoms with Crippen LogP contribution in [0.2, 0.25) is 0 Å². The van der Waals surface area contributed by atoms with Gasteiger partial charge in [-0.05, 0) is 6.92 Å². The molecule has 0 radical (unpaired) electrons. The van der Waals surface area contributed by atoms with Crippen LogP contribution in [0.15, 0.2) is 0 Å². The monoisotopic (exact) mass is 184 g/mol. The van der Waals surface area contributed by atoms with Crippen LogP contribution in [0.5, 0.6) is 0 Å². The maximum Gasteiger partial charge on any atom is 0.332 e. The van der Waals surface area contributed by atoms with Crippen molar-refractivity contribution in [2.24, 2.45) is 0 Å². The summed E-state index contributed by atoms with van der Waals surface area (Å²) in [7, 11) is 0. The lowest BCUT2D eigenvalue weighted by Crippen LogP contribution is -2.55. The molecule has 0 aromatic heterocycles. The van der Waals surface area contributed by atoms with Crippen molar-refractivity contribution in [2.45, 2.75) is 13.0 Å². The zero-order valence-corrected chi connectivity index (χ0v) is 7.92. The highest BCUT2D eigenvalue weighted by molar-refractivity contribution is 5.76. The second-order valence-corrected chi connectivity index (χ2v) is 3.58. The van der Waals surface area contributed by atoms with Crippen molar-refractivity contribution in [3.8, 4) is 0 Å². The molecule has 0 aromatic carbocycles. The second-order valence-electron chi connectivity index (χ2n) is 3.58. The third-order valence-corrected chi connectivity index (χ3v) is 2.57. The van der Waals surface area contributed by atoms with E-state index < -0.39 is 0 Å². The van der Waals surface area contributed by atoms with Crippen LogP contribution >= 0.6 is 0 Å². The Hall–Kier alpha value is -0.810. The average molecular weight is 184 g/mol. The number of amides is 2. The molecule has 0 aliphatic carbocycles. The number of hydrazine groups is 1. The summed E-state index contributed by atoms with van der Waals surface area (Å²) in [6.07, 6.45) is 0. The molecule has 2 saturated heterocycles. The number of rotatable bonds is 1. The molecule has 2 rings (SSSR count). The summed E-state index contributed by atoms with van der Waals surface area (Å²) >= 11 is 0. The van der Waals surface area contributed by atoms with Gasteiger partial charge in [0.05, 0.1) is 6.04 Å². The Balaban J connectivity index is 2.00. The summed E-state index contributed by atoms with van der Waals surface area (Å²) in [6, 6.07) is 0.347. The Bertz CT molecular complexity index is 202. The molecule has 2 N–H and O–H groups in total. The minimum atomic E-state index is 0.0504. The highest BCUT2D eigenvalue weighted by Gasteiger charge is 2.32. The first-order chi connectivity index (χ1) is 6.29. The van der Waals surface area contributed by atoms with Gasteiger partial charge in [0.2, 0.25) is 0 Å². The van der Waals surface area contributed by atoms with Crippen LogP contribution in [0.4, 0.5) is 4.79 Å². The number of nitrogens with one attached hydrogen (secondary N) is 2. The lowest BCUT2D eigenvalue weighted by Gasteiger charge is -2.36. The average Bonchev–Trinajstić information content (AvgIpc) is 2.48. The summed E-state index contributed by atoms with van der Waals surface area (Å²) in [5, 5.41) is 10.1. The molecule has 13 heavy (non-hydrogen) atoms. The summed E-state index contributed by atoms with van der Waals surface area (Å²) < 4.78 is 0. The van der Waals surface area contributed by atoms with Gasteiger partial charge in [-0.2, -0.15) is 0 Å². The molecule has 1 unspecified atom stereocenters. The zero-order chi connectivity index (χ0) is 9.26. The topological polar surface area (TPSA) is 47.6 Å². The molecule has 0 bridgehead atoms. The van der Waals surface area contributed by atoms with Gasteiger partial charge >= 0.3 is 6.03 Å². The van der Waals surface area contributed by atoms with E-state index in [0.717, 1.165) is 32.7 Å². The van der Waals surface area contributed by atoms with Crippen LogP contribution < -0.4 is 10.6 Å². The smallest absolute Gasteiger partial charge is 0.332 e. The third kappa shape index (κ3) is 1.62. The molecule has 1 atom stereocenters. The molecule has 2 aliphatic rings. The fourth-order valence-corrected chi connectivity index (χ4v) is 1.88. The number of piperazine rings is 1. The highest BCUT2D eigenvalue weighted by atomic mass is 16.2. The summed E-state index contributed by atoms with van der Waals surface area (Å²) in [5.41, 5.74) is 0. The van der Waals surface area contributed by atoms with Crippen molar-refractivity contribution in [1.29, 1.82) is 0 Å². The number of hydrogen-bond donors (Lipinski definition) is 2. The van der Waals surface area contributed by atoms with E-state index in [2.05, 4.69) is 22.6 Å². The van der Waals surface area contributed by atoms with Crippen molar-refractivity contribution in [3.05, 3.63) is 0 Å². The van der Waals surface area contributed by atoms with E-state index in [-0.39, 0.29) is 6.03 Å². The minimum Gasteiger partial charge on any atom is -0.335 e. The number of carbonyl (C=O) groups is 1. The molecular weight excluding hydrogens is 168 g/mol. The van der Waals surface area contributed by atoms with Crippen molar-refractivity contribution < 1.29 is 4.79 Å². The molecule has 5 nitrogen and oxygen atoms in total. The predicted octanol–water partition coefficient (Wildman–Crippen LogP) is -0.780. The summed E-state index contributed by atoms with van der Waals surface area (Å²) in [5.74, 6) is 0. The van der Waals surface area contributed by atoms with Crippen LogP contribution in [-0.4, -0.2) is 54.8 Å². The van der Waals surface area contributed by atoms with Crippen LogP contribution in [0.1, 0.15) is 6.92 Å². The number of hydrogen-bond acceptors (Lipinski definition) is 3. The van der Waals surface area contributed by atoms with Crippen LogP contribution in [-0.2, 0) is 0 Å². The normalized spacial score (nSPS) is 30.7. The van der Waals surface area contributed by atoms with Gasteiger partial charge in [0.25, 0.3) is 0 Å². The third-order valence-electron chi connectivity index (χ3n) is 2.57. The maximum atomic E-state index is 11.4. The molecule has 2 heterocycles. The largest absolute Gasteiger partial charge is 0.335 e. The van der Waals surface area contributed by atoms with E-state index in [1.54, 1.807) is 0 Å². The quantitative estimate of drug-likeness (QED) is 0.562. The van der Waals surface area contributed by atoms with Gasteiger partial charge in [-0.15, -0.1) is 0 Å². The fourth-order valence-electron chi connectivity index (χ4n) is 1.88. The van der Waals surface area contributed by atoms with E-state index in [1.807, 2.05) is 5.01 Å². The first kappa shape index (κ1) is 8.77. The Morgan fingerprint density at radius 1 is 1.38 bits per heavy atom. The predicted molar refractivity (Wildman–Crippen MR) is 49.1 cm³/mol. The van der Waals surface area contributed by atoms with Gasteiger partial charge in [0, 0.05) is 32.7 Å². The molecule has 74 valence electrons. The summed E-state index contributed by atoms with van der Waals surface area (Å²) in [4.78, 5) is 11.4. The molecule has 5 heteroatoms. The van der Waals surface area contributed by atoms with E-state index >= 15 is 0 Å². The van der Waals surface area contributed by atoms with Gasteiger partial charge in [-0.25, -0.2) is 9.80 Å². The van der Waals surface area contributed by atoms with Crippen molar-refractivity contribution >= 4 is 6.03 Å². The number of carbonyl (C=O) groups excluding carboxylic acids is 1. The van der Waals surface area contributed by atoms with Gasteiger partial charge in [0.15, 0.2) is 0 Å². The Kier molecular flexibility index (Phi) is 2.37. The molecular formula is C8H16N4O. The standard InChI is InChI=1S/C8H16N4O/c1-7-6-10-8(13)12(7)11-4-2-9-3-5-11/h7,9H,2-6H2,1H3,(H,10,13). The molecule has 2 amide bonds. The Morgan fingerprint density at radius 2 is 2.08 bits per heavy atom. The van der Waals surface area contributed by atoms with Gasteiger partial charge in [-0.3, -0.25) is 5.01 Å². The van der Waals surface area contributed by atoms with Crippen LogP contribution in [0.3, 0.4) is 0 Å². The fraction of sp³-hybridized carbons (Fsp3) is 0.875. The Labute approximate surface area is 78.0 Å². The molecule has 0 saturated carbocycles. The van der Waals surface area contributed by atoms with E-state index in [0.29, 0.717) is 6.04 Å². The number of nitrogens with zero attached hydrogens (tertiary/aromatic N) is 2. The van der Waals surface area contributed by atoms with Gasteiger partial charge < -0.3 is 10.6 Å². The summed E-state index contributed by atoms with van der Waals surface area (Å²) in [6.45, 7) is 6.63. The van der Waals surface area contributed by atoms with Gasteiger partial charge in [0.1, 0.15) is 0 Å². The van der Waals surface area contributed by atoms with E-state index in [9.17, 15) is 4.79 Å². The second kappa shape index (κ2) is 3.51. The zero-order valence-electron chi connectivity index (χ0n) is 7.92. The van der Waals surface area contributed by atoms with Crippen LogP contribution in [0, 0.1) is 0 Å². The number of urea groups is 1. The molecule has 0 spiro atoms. The molecule has 2 fully saturated rings. The minimum absolute atomic E-state index is 0.0504. The van der Waals surface area contributed by atoms with E-state index in [1.165, 1.54) is 0 Å². The van der Waals surface area contributed by atoms with Gasteiger partial charge in [-0.1, -0.05) is 0 Å². The van der Waals surface area contributed by atoms with Crippen molar-refractivity contribution in [2.75, 3.05) is 32.7 Å². The van der Waals surface area contributed by atoms with Crippen molar-refractivity contribution in [1.82, 2.24) is 20.7 Å². The lowest BCUT2D eigenvalue weighted by atomic mass is 10.3.